The maximum absolute atomic E-state index is 6.23. The molecule has 4 heteroatoms. The van der Waals surface area contributed by atoms with Gasteiger partial charge in [-0.25, -0.2) is 0 Å². The minimum atomic E-state index is -0.610. The topological polar surface area (TPSA) is 0 Å². The van der Waals surface area contributed by atoms with Crippen molar-refractivity contribution in [1.82, 2.24) is 0 Å². The van der Waals surface area contributed by atoms with Gasteiger partial charge in [0.2, 0.25) is 0 Å². The first-order chi connectivity index (χ1) is 6.32. The molecule has 0 aromatic carbocycles. The van der Waals surface area contributed by atoms with Crippen molar-refractivity contribution in [3.63, 3.8) is 0 Å². The molecule has 0 saturated heterocycles. The van der Waals surface area contributed by atoms with E-state index in [1.165, 1.54) is 0 Å². The van der Waals surface area contributed by atoms with Crippen LogP contribution in [0.25, 0.3) is 0 Å². The maximum Gasteiger partial charge on any atom is 0.131 e. The number of hydrogen-bond donors (Lipinski definition) is 0. The Bertz CT molecular complexity index is 333. The van der Waals surface area contributed by atoms with Crippen LogP contribution in [0.5, 0.6) is 0 Å². The van der Waals surface area contributed by atoms with Crippen molar-refractivity contribution >= 4 is 46.4 Å². The zero-order valence-corrected chi connectivity index (χ0v) is 10.6. The fraction of sp³-hybridized carbons (Fsp3) is 0.800. The molecule has 3 aliphatic rings. The molecule has 0 nitrogen and oxygen atoms in total. The van der Waals surface area contributed by atoms with Crippen molar-refractivity contribution in [2.45, 2.75) is 22.0 Å². The third kappa shape index (κ3) is 0.948. The van der Waals surface area contributed by atoms with Crippen LogP contribution < -0.4 is 0 Å². The van der Waals surface area contributed by atoms with Crippen molar-refractivity contribution in [2.75, 3.05) is 0 Å². The zero-order chi connectivity index (χ0) is 10.4. The molecule has 3 aliphatic carbocycles. The quantitative estimate of drug-likeness (QED) is 0.458. The molecule has 0 unspecified atom stereocenters. The van der Waals surface area contributed by atoms with Gasteiger partial charge in [-0.1, -0.05) is 19.1 Å². The first-order valence-corrected chi connectivity index (χ1v) is 6.27. The molecule has 2 fully saturated rings. The molecule has 14 heavy (non-hydrogen) atoms. The molecule has 0 spiro atoms. The highest BCUT2D eigenvalue weighted by Gasteiger charge is 2.77. The summed E-state index contributed by atoms with van der Waals surface area (Å²) < 4.78 is -1.18. The highest BCUT2D eigenvalue weighted by molar-refractivity contribution is 6.53. The lowest BCUT2D eigenvalue weighted by Crippen LogP contribution is -2.07. The van der Waals surface area contributed by atoms with Crippen LogP contribution in [-0.4, -0.2) is 8.67 Å². The molecule has 0 bridgehead atoms. The molecule has 0 heterocycles. The molecular weight excluding hydrogens is 262 g/mol. The van der Waals surface area contributed by atoms with Gasteiger partial charge in [-0.15, -0.1) is 46.4 Å². The molecule has 0 amide bonds. The molecular formula is C10H10Cl4. The Morgan fingerprint density at radius 2 is 1.79 bits per heavy atom. The second-order valence-corrected chi connectivity index (χ2v) is 7.74. The van der Waals surface area contributed by atoms with Gasteiger partial charge in [0, 0.05) is 23.2 Å². The summed E-state index contributed by atoms with van der Waals surface area (Å²) in [6.45, 7) is 2.12. The Labute approximate surface area is 104 Å². The van der Waals surface area contributed by atoms with Gasteiger partial charge in [-0.3, -0.25) is 0 Å². The summed E-state index contributed by atoms with van der Waals surface area (Å²) in [6.07, 6.45) is 5.11. The molecule has 3 rings (SSSR count). The van der Waals surface area contributed by atoms with Gasteiger partial charge in [0.1, 0.15) is 8.67 Å². The molecule has 0 aromatic rings. The van der Waals surface area contributed by atoms with Crippen LogP contribution in [-0.2, 0) is 0 Å². The average Bonchev–Trinajstić information content (AvgIpc) is 2.74. The van der Waals surface area contributed by atoms with Crippen molar-refractivity contribution in [1.29, 1.82) is 0 Å². The van der Waals surface area contributed by atoms with E-state index in [1.54, 1.807) is 0 Å². The minimum absolute atomic E-state index is 0.0302. The minimum Gasteiger partial charge on any atom is -0.101 e. The normalized spacial score (nSPS) is 55.6. The van der Waals surface area contributed by atoms with Crippen LogP contribution in [0.1, 0.15) is 13.3 Å². The van der Waals surface area contributed by atoms with Crippen LogP contribution in [0.15, 0.2) is 12.2 Å². The van der Waals surface area contributed by atoms with Crippen LogP contribution in [0.4, 0.5) is 0 Å². The van der Waals surface area contributed by atoms with Crippen LogP contribution in [0.3, 0.4) is 0 Å². The van der Waals surface area contributed by atoms with E-state index in [4.69, 9.17) is 46.4 Å². The van der Waals surface area contributed by atoms with Gasteiger partial charge in [0.05, 0.1) is 0 Å². The van der Waals surface area contributed by atoms with Crippen molar-refractivity contribution in [3.8, 4) is 0 Å². The SMILES string of the molecule is C[C@]12C[C@H]3[C@@H](C=C[C@@H]1C2(Cl)Cl)C3(Cl)Cl. The highest BCUT2D eigenvalue weighted by Crippen LogP contribution is 2.78. The molecule has 0 N–H and O–H groups in total. The van der Waals surface area contributed by atoms with Crippen LogP contribution in [0.2, 0.25) is 0 Å². The number of fused-ring (bicyclic) bond motifs is 2. The van der Waals surface area contributed by atoms with E-state index in [9.17, 15) is 0 Å². The van der Waals surface area contributed by atoms with E-state index in [2.05, 4.69) is 19.1 Å². The molecule has 0 radical (unpaired) electrons. The second kappa shape index (κ2) is 2.42. The third-order valence-electron chi connectivity index (χ3n) is 4.17. The van der Waals surface area contributed by atoms with E-state index >= 15 is 0 Å². The van der Waals surface area contributed by atoms with E-state index in [1.807, 2.05) is 0 Å². The predicted molar refractivity (Wildman–Crippen MR) is 61.2 cm³/mol. The number of allylic oxidation sites excluding steroid dienone is 2. The maximum atomic E-state index is 6.23. The average molecular weight is 272 g/mol. The molecule has 4 atom stereocenters. The Hall–Kier alpha value is 0.900. The summed E-state index contributed by atoms with van der Waals surface area (Å²) >= 11 is 24.8. The Kier molecular flexibility index (Phi) is 1.74. The van der Waals surface area contributed by atoms with E-state index in [-0.39, 0.29) is 11.3 Å². The molecule has 78 valence electrons. The van der Waals surface area contributed by atoms with E-state index < -0.39 is 8.67 Å². The molecule has 0 aliphatic heterocycles. The van der Waals surface area contributed by atoms with Crippen molar-refractivity contribution < 1.29 is 0 Å². The summed E-state index contributed by atoms with van der Waals surface area (Å²) in [4.78, 5) is 0. The van der Waals surface area contributed by atoms with Gasteiger partial charge in [0.25, 0.3) is 0 Å². The lowest BCUT2D eigenvalue weighted by Gasteiger charge is -2.11. The lowest BCUT2D eigenvalue weighted by atomic mass is 9.99. The first-order valence-electron chi connectivity index (χ1n) is 4.76. The van der Waals surface area contributed by atoms with Crippen LogP contribution >= 0.6 is 46.4 Å². The number of hydrogen-bond acceptors (Lipinski definition) is 0. The van der Waals surface area contributed by atoms with Crippen molar-refractivity contribution in [2.24, 2.45) is 23.2 Å². The summed E-state index contributed by atoms with van der Waals surface area (Å²) in [6, 6.07) is 0. The van der Waals surface area contributed by atoms with Gasteiger partial charge in [0.15, 0.2) is 0 Å². The lowest BCUT2D eigenvalue weighted by molar-refractivity contribution is 0.447. The summed E-state index contributed by atoms with van der Waals surface area (Å²) in [5.74, 6) is 0.909. The van der Waals surface area contributed by atoms with Gasteiger partial charge >= 0.3 is 0 Å². The Balaban J connectivity index is 1.93. The van der Waals surface area contributed by atoms with Gasteiger partial charge < -0.3 is 0 Å². The first kappa shape index (κ1) is 10.1. The smallest absolute Gasteiger partial charge is 0.101 e. The standard InChI is InChI=1S/C10H10Cl4/c1-8-4-6-5(9(6,11)12)2-3-7(8)10(8,13)14/h2-3,5-7H,4H2,1H3/t5-,6+,7+,8+/m1/s1. The highest BCUT2D eigenvalue weighted by atomic mass is 35.5. The van der Waals surface area contributed by atoms with Gasteiger partial charge in [-0.05, 0) is 6.42 Å². The summed E-state index contributed by atoms with van der Waals surface area (Å²) in [7, 11) is 0. The van der Waals surface area contributed by atoms with E-state index in [0.717, 1.165) is 6.42 Å². The molecule has 2 saturated carbocycles. The van der Waals surface area contributed by atoms with E-state index in [0.29, 0.717) is 11.8 Å². The zero-order valence-electron chi connectivity index (χ0n) is 7.61. The number of halogens is 4. The monoisotopic (exact) mass is 270 g/mol. The second-order valence-electron chi connectivity index (χ2n) is 4.91. The Morgan fingerprint density at radius 1 is 1.14 bits per heavy atom. The third-order valence-corrected chi connectivity index (χ3v) is 6.57. The van der Waals surface area contributed by atoms with Crippen LogP contribution in [0, 0.1) is 23.2 Å². The molecule has 0 aromatic heterocycles. The fourth-order valence-corrected chi connectivity index (χ4v) is 4.50. The van der Waals surface area contributed by atoms with Gasteiger partial charge in [-0.2, -0.15) is 0 Å². The Morgan fingerprint density at radius 3 is 2.43 bits per heavy atom. The fourth-order valence-electron chi connectivity index (χ4n) is 2.84. The number of alkyl halides is 4. The summed E-state index contributed by atoms with van der Waals surface area (Å²) in [5, 5.41) is 0. The summed E-state index contributed by atoms with van der Waals surface area (Å²) in [5.41, 5.74) is -0.0302. The van der Waals surface area contributed by atoms with Crippen molar-refractivity contribution in [3.05, 3.63) is 12.2 Å². The predicted octanol–water partition coefficient (Wildman–Crippen LogP) is 4.18. The number of rotatable bonds is 0. The largest absolute Gasteiger partial charge is 0.131 e.